The van der Waals surface area contributed by atoms with Crippen molar-refractivity contribution in [2.24, 2.45) is 0 Å². The Balaban J connectivity index is 1.37. The van der Waals surface area contributed by atoms with E-state index in [9.17, 15) is 19.2 Å². The highest BCUT2D eigenvalue weighted by Gasteiger charge is 2.53. The number of ether oxygens (including phenoxy) is 1. The maximum absolute atomic E-state index is 13.2. The topological polar surface area (TPSA) is 134 Å². The van der Waals surface area contributed by atoms with Gasteiger partial charge in [0.2, 0.25) is 5.91 Å². The minimum Gasteiger partial charge on any atom is -0.497 e. The number of amides is 5. The Morgan fingerprint density at radius 3 is 2.71 bits per heavy atom. The standard InChI is InChI=1S/C24H21N5O6/c1-34-14-5-4-13-11-28(21(31)15(13)9-14)12-24(22(32)26-23(33)27-24)18-10-16-17(35-18)6-7-19(25-16)29-8-2-3-20(29)30/h4-7,9-10H,2-3,8,11-12H2,1H3,(H2,26,27,32,33)/t24-/m0/s1. The summed E-state index contributed by atoms with van der Waals surface area (Å²) in [5.74, 6) is 0.295. The van der Waals surface area contributed by atoms with E-state index in [1.165, 1.54) is 12.0 Å². The van der Waals surface area contributed by atoms with Crippen molar-refractivity contribution in [3.05, 3.63) is 53.3 Å². The lowest BCUT2D eigenvalue weighted by atomic mass is 9.95. The molecule has 35 heavy (non-hydrogen) atoms. The second-order valence-electron chi connectivity index (χ2n) is 8.81. The summed E-state index contributed by atoms with van der Waals surface area (Å²) >= 11 is 0. The van der Waals surface area contributed by atoms with Gasteiger partial charge in [0, 0.05) is 31.1 Å². The normalized spacial score (nSPS) is 21.6. The van der Waals surface area contributed by atoms with Crippen LogP contribution in [0.2, 0.25) is 0 Å². The van der Waals surface area contributed by atoms with Crippen molar-refractivity contribution in [1.82, 2.24) is 20.5 Å². The number of nitrogens with zero attached hydrogens (tertiary/aromatic N) is 3. The second kappa shape index (κ2) is 7.55. The van der Waals surface area contributed by atoms with E-state index >= 15 is 0 Å². The number of fused-ring (bicyclic) bond motifs is 2. The molecule has 1 atom stereocenters. The van der Waals surface area contributed by atoms with E-state index in [1.54, 1.807) is 41.3 Å². The molecule has 178 valence electrons. The predicted octanol–water partition coefficient (Wildman–Crippen LogP) is 1.65. The molecule has 1 aromatic carbocycles. The Labute approximate surface area is 199 Å². The molecule has 11 heteroatoms. The first-order chi connectivity index (χ1) is 16.9. The molecule has 2 aromatic heterocycles. The van der Waals surface area contributed by atoms with Gasteiger partial charge in [-0.3, -0.25) is 24.6 Å². The molecule has 2 fully saturated rings. The summed E-state index contributed by atoms with van der Waals surface area (Å²) in [7, 11) is 1.52. The van der Waals surface area contributed by atoms with Crippen LogP contribution in [0.5, 0.6) is 5.75 Å². The monoisotopic (exact) mass is 475 g/mol. The molecule has 0 aliphatic carbocycles. The third kappa shape index (κ3) is 3.22. The fraction of sp³-hybridized carbons (Fsp3) is 0.292. The molecule has 0 spiro atoms. The van der Waals surface area contributed by atoms with Gasteiger partial charge < -0.3 is 19.4 Å². The molecule has 5 amide bonds. The van der Waals surface area contributed by atoms with Gasteiger partial charge in [0.25, 0.3) is 11.8 Å². The van der Waals surface area contributed by atoms with E-state index in [2.05, 4.69) is 15.6 Å². The highest BCUT2D eigenvalue weighted by atomic mass is 16.5. The number of furan rings is 1. The zero-order chi connectivity index (χ0) is 24.3. The number of carbonyl (C=O) groups is 4. The summed E-state index contributed by atoms with van der Waals surface area (Å²) in [6.07, 6.45) is 1.24. The molecule has 3 aliphatic heterocycles. The van der Waals surface area contributed by atoms with Crippen molar-refractivity contribution < 1.29 is 28.3 Å². The first-order valence-corrected chi connectivity index (χ1v) is 11.2. The number of methoxy groups -OCH3 is 1. The third-order valence-electron chi connectivity index (χ3n) is 6.70. The van der Waals surface area contributed by atoms with Gasteiger partial charge in [-0.05, 0) is 36.2 Å². The van der Waals surface area contributed by atoms with E-state index < -0.39 is 17.5 Å². The predicted molar refractivity (Wildman–Crippen MR) is 122 cm³/mol. The van der Waals surface area contributed by atoms with Crippen molar-refractivity contribution in [3.63, 3.8) is 0 Å². The van der Waals surface area contributed by atoms with Crippen molar-refractivity contribution in [3.8, 4) is 5.75 Å². The van der Waals surface area contributed by atoms with E-state index in [1.807, 2.05) is 0 Å². The summed E-state index contributed by atoms with van der Waals surface area (Å²) in [5.41, 5.74) is 0.469. The summed E-state index contributed by atoms with van der Waals surface area (Å²) in [4.78, 5) is 58.2. The Bertz CT molecular complexity index is 1430. The van der Waals surface area contributed by atoms with E-state index in [0.29, 0.717) is 41.2 Å². The molecule has 3 aliphatic rings. The summed E-state index contributed by atoms with van der Waals surface area (Å²) in [6, 6.07) is 9.48. The van der Waals surface area contributed by atoms with Crippen molar-refractivity contribution >= 4 is 40.7 Å². The van der Waals surface area contributed by atoms with Gasteiger partial charge in [0.1, 0.15) is 22.8 Å². The van der Waals surface area contributed by atoms with Crippen LogP contribution in [-0.2, 0) is 21.7 Å². The number of imide groups is 1. The fourth-order valence-corrected chi connectivity index (χ4v) is 4.90. The van der Waals surface area contributed by atoms with Crippen molar-refractivity contribution in [2.75, 3.05) is 25.1 Å². The SMILES string of the molecule is COc1ccc2c(c1)C(=O)N(C[C@@]1(c3cc4nc(N5CCCC5=O)ccc4o3)NC(=O)NC1=O)C2. The lowest BCUT2D eigenvalue weighted by Gasteiger charge is -2.28. The molecule has 3 aromatic rings. The number of benzene rings is 1. The summed E-state index contributed by atoms with van der Waals surface area (Å²) < 4.78 is 11.2. The number of rotatable bonds is 5. The van der Waals surface area contributed by atoms with Crippen LogP contribution in [0.25, 0.3) is 11.1 Å². The molecule has 2 saturated heterocycles. The zero-order valence-corrected chi connectivity index (χ0v) is 18.8. The molecule has 6 rings (SSSR count). The largest absolute Gasteiger partial charge is 0.497 e. The van der Waals surface area contributed by atoms with Crippen LogP contribution in [0.15, 0.2) is 40.8 Å². The Morgan fingerprint density at radius 2 is 2.00 bits per heavy atom. The lowest BCUT2D eigenvalue weighted by molar-refractivity contribution is -0.125. The Hall–Kier alpha value is -4.41. The second-order valence-corrected chi connectivity index (χ2v) is 8.81. The van der Waals surface area contributed by atoms with Gasteiger partial charge in [0.05, 0.1) is 13.7 Å². The number of urea groups is 1. The number of carbonyl (C=O) groups excluding carboxylic acids is 4. The minimum absolute atomic E-state index is 0.00298. The number of hydrogen-bond donors (Lipinski definition) is 2. The third-order valence-corrected chi connectivity index (χ3v) is 6.70. The minimum atomic E-state index is -1.64. The smallest absolute Gasteiger partial charge is 0.322 e. The highest BCUT2D eigenvalue weighted by Crippen LogP contribution is 2.35. The number of aromatic nitrogens is 1. The molecule has 2 N–H and O–H groups in total. The molecule has 0 bridgehead atoms. The van der Waals surface area contributed by atoms with Crippen LogP contribution in [-0.4, -0.2) is 53.8 Å². The number of hydrogen-bond acceptors (Lipinski definition) is 7. The number of anilines is 1. The maximum atomic E-state index is 13.2. The molecule has 0 saturated carbocycles. The lowest BCUT2D eigenvalue weighted by Crippen LogP contribution is -2.52. The quantitative estimate of drug-likeness (QED) is 0.536. The fourth-order valence-electron chi connectivity index (χ4n) is 4.90. The number of nitrogens with one attached hydrogen (secondary N) is 2. The summed E-state index contributed by atoms with van der Waals surface area (Å²) in [6.45, 7) is 0.716. The van der Waals surface area contributed by atoms with Crippen LogP contribution in [0, 0.1) is 0 Å². The molecule has 11 nitrogen and oxygen atoms in total. The van der Waals surface area contributed by atoms with Crippen molar-refractivity contribution in [2.45, 2.75) is 24.9 Å². The average molecular weight is 475 g/mol. The molecule has 0 radical (unpaired) electrons. The highest BCUT2D eigenvalue weighted by molar-refractivity contribution is 6.08. The van der Waals surface area contributed by atoms with Crippen molar-refractivity contribution in [1.29, 1.82) is 0 Å². The van der Waals surface area contributed by atoms with Gasteiger partial charge in [0.15, 0.2) is 11.1 Å². The molecular weight excluding hydrogens is 454 g/mol. The maximum Gasteiger partial charge on any atom is 0.322 e. The van der Waals surface area contributed by atoms with Crippen LogP contribution in [0.4, 0.5) is 10.6 Å². The van der Waals surface area contributed by atoms with Crippen LogP contribution >= 0.6 is 0 Å². The van der Waals surface area contributed by atoms with Gasteiger partial charge in [-0.25, -0.2) is 9.78 Å². The van der Waals surface area contributed by atoms with Gasteiger partial charge in [-0.1, -0.05) is 6.07 Å². The summed E-state index contributed by atoms with van der Waals surface area (Å²) in [5, 5.41) is 4.92. The van der Waals surface area contributed by atoms with E-state index in [4.69, 9.17) is 9.15 Å². The first-order valence-electron chi connectivity index (χ1n) is 11.2. The Morgan fingerprint density at radius 1 is 1.14 bits per heavy atom. The first kappa shape index (κ1) is 21.1. The zero-order valence-electron chi connectivity index (χ0n) is 18.8. The Kier molecular flexibility index (Phi) is 4.56. The van der Waals surface area contributed by atoms with E-state index in [-0.39, 0.29) is 30.7 Å². The number of pyridine rings is 1. The molecular formula is C24H21N5O6. The van der Waals surface area contributed by atoms with E-state index in [0.717, 1.165) is 12.0 Å². The van der Waals surface area contributed by atoms with Crippen LogP contribution < -0.4 is 20.3 Å². The van der Waals surface area contributed by atoms with Crippen LogP contribution in [0.3, 0.4) is 0 Å². The molecule has 5 heterocycles. The van der Waals surface area contributed by atoms with Crippen LogP contribution in [0.1, 0.15) is 34.5 Å². The average Bonchev–Trinajstić information content (AvgIpc) is 3.60. The van der Waals surface area contributed by atoms with Gasteiger partial charge in [-0.15, -0.1) is 0 Å². The molecule has 0 unspecified atom stereocenters. The van der Waals surface area contributed by atoms with Gasteiger partial charge in [-0.2, -0.15) is 0 Å². The van der Waals surface area contributed by atoms with Gasteiger partial charge >= 0.3 is 6.03 Å².